The van der Waals surface area contributed by atoms with Crippen molar-refractivity contribution in [3.63, 3.8) is 0 Å². The van der Waals surface area contributed by atoms with E-state index in [1.165, 1.54) is 30.9 Å². The fourth-order valence-corrected chi connectivity index (χ4v) is 1.25. The largest absolute Gasteiger partial charge is 0.288 e. The molecule has 1 aromatic heterocycles. The summed E-state index contributed by atoms with van der Waals surface area (Å²) in [5.74, 6) is -2.85. The van der Waals surface area contributed by atoms with Crippen molar-refractivity contribution in [2.45, 2.75) is 0 Å². The Hall–Kier alpha value is -2.17. The first kappa shape index (κ1) is 10.4. The average Bonchev–Trinajstić information content (AvgIpc) is 2.33. The van der Waals surface area contributed by atoms with Crippen LogP contribution in [0.4, 0.5) is 8.78 Å². The molecule has 0 aliphatic rings. The number of hydrogen-bond donors (Lipinski definition) is 0. The molecule has 5 heteroatoms. The second kappa shape index (κ2) is 4.14. The first-order valence-corrected chi connectivity index (χ1v) is 4.44. The highest BCUT2D eigenvalue weighted by atomic mass is 19.2. The van der Waals surface area contributed by atoms with Gasteiger partial charge in [-0.2, -0.15) is 0 Å². The number of ketones is 1. The molecule has 2 aromatic rings. The van der Waals surface area contributed by atoms with Gasteiger partial charge in [-0.3, -0.25) is 4.79 Å². The van der Waals surface area contributed by atoms with Gasteiger partial charge in [0.25, 0.3) is 0 Å². The molecule has 0 saturated carbocycles. The normalized spacial score (nSPS) is 10.1. The molecule has 0 aliphatic carbocycles. The van der Waals surface area contributed by atoms with Crippen LogP contribution >= 0.6 is 0 Å². The van der Waals surface area contributed by atoms with Crippen LogP contribution in [-0.2, 0) is 0 Å². The van der Waals surface area contributed by atoms with Crippen LogP contribution in [0.15, 0.2) is 36.9 Å². The van der Waals surface area contributed by atoms with Crippen molar-refractivity contribution >= 4 is 5.78 Å². The van der Waals surface area contributed by atoms with E-state index in [0.717, 1.165) is 6.07 Å². The van der Waals surface area contributed by atoms with Crippen LogP contribution in [0.1, 0.15) is 15.9 Å². The molecule has 0 unspecified atom stereocenters. The van der Waals surface area contributed by atoms with Gasteiger partial charge in [-0.05, 0) is 12.1 Å². The van der Waals surface area contributed by atoms with E-state index in [2.05, 4.69) is 9.97 Å². The minimum absolute atomic E-state index is 0.118. The van der Waals surface area contributed by atoms with Crippen LogP contribution in [-0.4, -0.2) is 15.8 Å². The molecule has 0 fully saturated rings. The van der Waals surface area contributed by atoms with E-state index in [0.29, 0.717) is 0 Å². The summed E-state index contributed by atoms with van der Waals surface area (Å²) in [6.45, 7) is 0. The molecule has 0 N–H and O–H groups in total. The molecular weight excluding hydrogens is 214 g/mol. The lowest BCUT2D eigenvalue weighted by Gasteiger charge is -2.01. The maximum Gasteiger partial charge on any atom is 0.199 e. The minimum atomic E-state index is -1.16. The molecule has 0 atom stereocenters. The molecule has 2 rings (SSSR count). The molecule has 80 valence electrons. The molecule has 0 bridgehead atoms. The zero-order chi connectivity index (χ0) is 11.5. The number of aromatic nitrogens is 2. The number of hydrogen-bond acceptors (Lipinski definition) is 3. The molecule has 1 heterocycles. The third kappa shape index (κ3) is 1.79. The second-order valence-corrected chi connectivity index (χ2v) is 3.06. The highest BCUT2D eigenvalue weighted by Crippen LogP contribution is 2.14. The first-order chi connectivity index (χ1) is 7.70. The fourth-order valence-electron chi connectivity index (χ4n) is 1.25. The first-order valence-electron chi connectivity index (χ1n) is 4.44. The Bertz CT molecular complexity index is 529. The van der Waals surface area contributed by atoms with E-state index < -0.39 is 17.4 Å². The topological polar surface area (TPSA) is 42.9 Å². The van der Waals surface area contributed by atoms with Gasteiger partial charge in [0.05, 0.1) is 11.1 Å². The summed E-state index contributed by atoms with van der Waals surface area (Å²) < 4.78 is 26.2. The van der Waals surface area contributed by atoms with Crippen molar-refractivity contribution in [3.8, 4) is 0 Å². The summed E-state index contributed by atoms with van der Waals surface area (Å²) >= 11 is 0. The van der Waals surface area contributed by atoms with Gasteiger partial charge < -0.3 is 0 Å². The van der Waals surface area contributed by atoms with Gasteiger partial charge in [-0.15, -0.1) is 0 Å². The Balaban J connectivity index is 2.46. The van der Waals surface area contributed by atoms with Crippen LogP contribution in [0.5, 0.6) is 0 Å². The van der Waals surface area contributed by atoms with Crippen molar-refractivity contribution < 1.29 is 13.6 Å². The molecule has 1 aromatic carbocycles. The predicted octanol–water partition coefficient (Wildman–Crippen LogP) is 1.99. The van der Waals surface area contributed by atoms with E-state index in [1.54, 1.807) is 0 Å². The summed E-state index contributed by atoms with van der Waals surface area (Å²) in [7, 11) is 0. The Morgan fingerprint density at radius 1 is 1.12 bits per heavy atom. The summed E-state index contributed by atoms with van der Waals surface area (Å²) in [4.78, 5) is 19.0. The molecule has 0 radical (unpaired) electrons. The molecular formula is C11H6F2N2O. The molecule has 0 saturated heterocycles. The Morgan fingerprint density at radius 2 is 1.81 bits per heavy atom. The van der Waals surface area contributed by atoms with Gasteiger partial charge >= 0.3 is 0 Å². The summed E-state index contributed by atoms with van der Waals surface area (Å²) in [6.07, 6.45) is 3.75. The number of benzene rings is 1. The number of rotatable bonds is 2. The lowest BCUT2D eigenvalue weighted by molar-refractivity contribution is 0.103. The van der Waals surface area contributed by atoms with Gasteiger partial charge in [0, 0.05) is 12.4 Å². The van der Waals surface area contributed by atoms with Crippen molar-refractivity contribution in [1.82, 2.24) is 9.97 Å². The maximum absolute atomic E-state index is 13.3. The standard InChI is InChI=1S/C11H6F2N2O/c12-9-3-1-2-8(10(9)13)11(16)7-4-14-6-15-5-7/h1-6H. The molecule has 0 aliphatic heterocycles. The van der Waals surface area contributed by atoms with Crippen molar-refractivity contribution in [1.29, 1.82) is 0 Å². The van der Waals surface area contributed by atoms with Gasteiger partial charge in [0.2, 0.25) is 0 Å². The lowest BCUT2D eigenvalue weighted by Crippen LogP contribution is -2.06. The minimum Gasteiger partial charge on any atom is -0.288 e. The van der Waals surface area contributed by atoms with Gasteiger partial charge in [-0.25, -0.2) is 18.7 Å². The van der Waals surface area contributed by atoms with Crippen molar-refractivity contribution in [2.24, 2.45) is 0 Å². The SMILES string of the molecule is O=C(c1cncnc1)c1cccc(F)c1F. The number of halogens is 2. The highest BCUT2D eigenvalue weighted by Gasteiger charge is 2.16. The number of carbonyl (C=O) groups is 1. The monoisotopic (exact) mass is 220 g/mol. The zero-order valence-corrected chi connectivity index (χ0v) is 8.02. The summed E-state index contributed by atoms with van der Waals surface area (Å²) in [6, 6.07) is 3.44. The van der Waals surface area contributed by atoms with Crippen molar-refractivity contribution in [3.05, 3.63) is 59.7 Å². The van der Waals surface area contributed by atoms with E-state index in [-0.39, 0.29) is 11.1 Å². The Morgan fingerprint density at radius 3 is 2.50 bits per heavy atom. The third-order valence-corrected chi connectivity index (χ3v) is 2.02. The second-order valence-electron chi connectivity index (χ2n) is 3.06. The highest BCUT2D eigenvalue weighted by molar-refractivity contribution is 6.08. The molecule has 0 amide bonds. The average molecular weight is 220 g/mol. The lowest BCUT2D eigenvalue weighted by atomic mass is 10.1. The zero-order valence-electron chi connectivity index (χ0n) is 8.02. The Kier molecular flexibility index (Phi) is 2.68. The molecule has 0 spiro atoms. The predicted molar refractivity (Wildman–Crippen MR) is 51.8 cm³/mol. The van der Waals surface area contributed by atoms with Crippen LogP contribution < -0.4 is 0 Å². The van der Waals surface area contributed by atoms with Crippen LogP contribution in [0.2, 0.25) is 0 Å². The number of nitrogens with zero attached hydrogens (tertiary/aromatic N) is 2. The van der Waals surface area contributed by atoms with Crippen molar-refractivity contribution in [2.75, 3.05) is 0 Å². The van der Waals surface area contributed by atoms with E-state index >= 15 is 0 Å². The van der Waals surface area contributed by atoms with E-state index in [4.69, 9.17) is 0 Å². The maximum atomic E-state index is 13.3. The van der Waals surface area contributed by atoms with E-state index in [9.17, 15) is 13.6 Å². The van der Waals surface area contributed by atoms with Gasteiger partial charge in [0.15, 0.2) is 17.4 Å². The number of carbonyl (C=O) groups excluding carboxylic acids is 1. The van der Waals surface area contributed by atoms with Crippen LogP contribution in [0.25, 0.3) is 0 Å². The van der Waals surface area contributed by atoms with Crippen LogP contribution in [0, 0.1) is 11.6 Å². The third-order valence-electron chi connectivity index (χ3n) is 2.02. The fraction of sp³-hybridized carbons (Fsp3) is 0. The quantitative estimate of drug-likeness (QED) is 0.727. The summed E-state index contributed by atoms with van der Waals surface area (Å²) in [5.41, 5.74) is -0.207. The molecule has 3 nitrogen and oxygen atoms in total. The van der Waals surface area contributed by atoms with E-state index in [1.807, 2.05) is 0 Å². The van der Waals surface area contributed by atoms with Crippen LogP contribution in [0.3, 0.4) is 0 Å². The smallest absolute Gasteiger partial charge is 0.199 e. The summed E-state index contributed by atoms with van der Waals surface area (Å²) in [5, 5.41) is 0. The molecule has 16 heavy (non-hydrogen) atoms. The Labute approximate surface area is 89.8 Å². The van der Waals surface area contributed by atoms with Gasteiger partial charge in [0.1, 0.15) is 6.33 Å². The van der Waals surface area contributed by atoms with Gasteiger partial charge in [-0.1, -0.05) is 6.07 Å².